The zero-order valence-electron chi connectivity index (χ0n) is 15.1. The summed E-state index contributed by atoms with van der Waals surface area (Å²) in [7, 11) is 0. The van der Waals surface area contributed by atoms with Crippen LogP contribution in [0.1, 0.15) is 44.9 Å². The van der Waals surface area contributed by atoms with Crippen LogP contribution in [0.2, 0.25) is 0 Å². The van der Waals surface area contributed by atoms with Crippen LogP contribution in [0.4, 0.5) is 0 Å². The molecule has 4 heterocycles. The van der Waals surface area contributed by atoms with Crippen molar-refractivity contribution < 1.29 is 4.79 Å². The highest BCUT2D eigenvalue weighted by Gasteiger charge is 2.23. The van der Waals surface area contributed by atoms with Gasteiger partial charge in [-0.25, -0.2) is 19.4 Å². The Bertz CT molecular complexity index is 1030. The Morgan fingerprint density at radius 2 is 2.00 bits per heavy atom. The molecule has 142 valence electrons. The quantitative estimate of drug-likeness (QED) is 0.715. The Morgan fingerprint density at radius 1 is 1.22 bits per heavy atom. The van der Waals surface area contributed by atoms with Gasteiger partial charge in [-0.3, -0.25) is 9.36 Å². The lowest BCUT2D eigenvalue weighted by atomic mass is 10.1. The molecule has 0 radical (unpaired) electrons. The van der Waals surface area contributed by atoms with Crippen molar-refractivity contribution in [3.63, 3.8) is 0 Å². The van der Waals surface area contributed by atoms with Crippen LogP contribution in [-0.4, -0.2) is 36.3 Å². The summed E-state index contributed by atoms with van der Waals surface area (Å²) in [5.74, 6) is 0.619. The lowest BCUT2D eigenvalue weighted by Crippen LogP contribution is -2.36. The molecule has 1 aliphatic rings. The first-order valence-corrected chi connectivity index (χ1v) is 10.6. The summed E-state index contributed by atoms with van der Waals surface area (Å²) in [6.45, 7) is 4.77. The molecule has 0 aliphatic carbocycles. The van der Waals surface area contributed by atoms with Gasteiger partial charge in [0.15, 0.2) is 0 Å². The Labute approximate surface area is 163 Å². The summed E-state index contributed by atoms with van der Waals surface area (Å²) in [5.41, 5.74) is 1.20. The van der Waals surface area contributed by atoms with Crippen LogP contribution in [0.3, 0.4) is 0 Å². The number of amides is 1. The maximum atomic E-state index is 12.7. The largest absolute Gasteiger partial charge is 0.348 e. The average molecular weight is 405 g/mol. The summed E-state index contributed by atoms with van der Waals surface area (Å²) in [6.07, 6.45) is 2.10. The normalized spacial score (nSPS) is 16.7. The Balaban J connectivity index is 1.43. The average Bonchev–Trinajstić information content (AvgIpc) is 3.28. The molecule has 0 saturated carbocycles. The maximum absolute atomic E-state index is 12.7. The lowest BCUT2D eigenvalue weighted by Gasteiger charge is -2.15. The highest BCUT2D eigenvalue weighted by Crippen LogP contribution is 2.15. The Morgan fingerprint density at radius 3 is 2.70 bits per heavy atom. The molecule has 27 heavy (non-hydrogen) atoms. The van der Waals surface area contributed by atoms with Crippen molar-refractivity contribution >= 4 is 28.6 Å². The highest BCUT2D eigenvalue weighted by molar-refractivity contribution is 7.09. The molecule has 1 amide bonds. The zero-order chi connectivity index (χ0) is 19.0. The molecule has 4 rings (SSSR count). The number of nitrogens with one attached hydrogen (secondary N) is 1. The van der Waals surface area contributed by atoms with Crippen LogP contribution in [0.15, 0.2) is 15.6 Å². The van der Waals surface area contributed by atoms with Crippen molar-refractivity contribution in [1.29, 1.82) is 0 Å². The minimum atomic E-state index is -0.153. The third-order valence-electron chi connectivity index (χ3n) is 4.58. The molecule has 3 aromatic rings. The molecule has 0 spiro atoms. The molecular formula is C17H20N6O2S2. The second-order valence-electron chi connectivity index (χ2n) is 6.62. The number of fused-ring (bicyclic) bond motifs is 1. The number of aromatic nitrogens is 5. The molecular weight excluding hydrogens is 384 g/mol. The van der Waals surface area contributed by atoms with Crippen LogP contribution in [-0.2, 0) is 19.5 Å². The van der Waals surface area contributed by atoms with E-state index in [1.54, 1.807) is 21.3 Å². The van der Waals surface area contributed by atoms with Gasteiger partial charge in [-0.05, 0) is 26.7 Å². The smallest absolute Gasteiger partial charge is 0.346 e. The Hall–Kier alpha value is -2.33. The van der Waals surface area contributed by atoms with Gasteiger partial charge in [-0.15, -0.1) is 22.7 Å². The molecule has 1 aliphatic heterocycles. The predicted molar refractivity (Wildman–Crippen MR) is 103 cm³/mol. The molecule has 0 saturated heterocycles. The van der Waals surface area contributed by atoms with Gasteiger partial charge in [0.05, 0.1) is 22.3 Å². The number of hydrogen-bond acceptors (Lipinski definition) is 7. The second kappa shape index (κ2) is 7.35. The molecule has 8 nitrogen and oxygen atoms in total. The van der Waals surface area contributed by atoms with Gasteiger partial charge in [0.25, 0.3) is 5.91 Å². The van der Waals surface area contributed by atoms with Crippen LogP contribution in [0.5, 0.6) is 0 Å². The number of rotatable bonds is 4. The molecule has 10 heteroatoms. The summed E-state index contributed by atoms with van der Waals surface area (Å²) in [5, 5.41) is 13.1. The van der Waals surface area contributed by atoms with E-state index in [2.05, 4.69) is 20.4 Å². The number of thiazole rings is 2. The molecule has 1 atom stereocenters. The van der Waals surface area contributed by atoms with Crippen LogP contribution >= 0.6 is 22.7 Å². The zero-order valence-corrected chi connectivity index (χ0v) is 16.8. The number of carbonyl (C=O) groups is 1. The predicted octanol–water partition coefficient (Wildman–Crippen LogP) is 1.76. The third-order valence-corrected chi connectivity index (χ3v) is 6.18. The number of carbonyl (C=O) groups excluding carboxylic acids is 1. The van der Waals surface area contributed by atoms with Gasteiger partial charge in [-0.2, -0.15) is 5.10 Å². The van der Waals surface area contributed by atoms with Crippen LogP contribution < -0.4 is 11.0 Å². The maximum Gasteiger partial charge on any atom is 0.346 e. The van der Waals surface area contributed by atoms with Gasteiger partial charge in [0, 0.05) is 29.8 Å². The van der Waals surface area contributed by atoms with Gasteiger partial charge in [0.1, 0.15) is 11.5 Å². The molecule has 0 fully saturated rings. The molecule has 1 N–H and O–H groups in total. The monoisotopic (exact) mass is 404 g/mol. The van der Waals surface area contributed by atoms with Crippen molar-refractivity contribution in [1.82, 2.24) is 29.6 Å². The number of aryl methyl sites for hydroxylation is 3. The van der Waals surface area contributed by atoms with Crippen molar-refractivity contribution in [2.45, 2.75) is 52.2 Å². The number of hydrogen-bond donors (Lipinski definition) is 1. The molecule has 0 bridgehead atoms. The minimum Gasteiger partial charge on any atom is -0.348 e. The lowest BCUT2D eigenvalue weighted by molar-refractivity contribution is 0.0928. The summed E-state index contributed by atoms with van der Waals surface area (Å²) >= 11 is 3.03. The SMILES string of the molecule is Cc1nc(Cn2nc3n(c2=O)CCC(NC(=O)c2csc(C)n2)CC3)cs1. The van der Waals surface area contributed by atoms with Crippen molar-refractivity contribution in [2.24, 2.45) is 0 Å². The second-order valence-corrected chi connectivity index (χ2v) is 8.74. The molecule has 0 aromatic carbocycles. The van der Waals surface area contributed by atoms with E-state index in [4.69, 9.17) is 0 Å². The van der Waals surface area contributed by atoms with Gasteiger partial charge in [0.2, 0.25) is 0 Å². The summed E-state index contributed by atoms with van der Waals surface area (Å²) in [6, 6.07) is 0.00949. The fraction of sp³-hybridized carbons (Fsp3) is 0.471. The fourth-order valence-electron chi connectivity index (χ4n) is 3.24. The van der Waals surface area contributed by atoms with E-state index in [1.807, 2.05) is 19.2 Å². The van der Waals surface area contributed by atoms with Gasteiger partial charge < -0.3 is 5.32 Å². The fourth-order valence-corrected chi connectivity index (χ4v) is 4.43. The summed E-state index contributed by atoms with van der Waals surface area (Å²) in [4.78, 5) is 33.6. The summed E-state index contributed by atoms with van der Waals surface area (Å²) < 4.78 is 3.21. The minimum absolute atomic E-state index is 0.00949. The van der Waals surface area contributed by atoms with E-state index in [0.717, 1.165) is 28.0 Å². The first kappa shape index (κ1) is 18.1. The highest BCUT2D eigenvalue weighted by atomic mass is 32.1. The molecule has 3 aromatic heterocycles. The number of nitrogens with zero attached hydrogens (tertiary/aromatic N) is 5. The van der Waals surface area contributed by atoms with Crippen molar-refractivity contribution in [3.8, 4) is 0 Å². The van der Waals surface area contributed by atoms with E-state index in [0.29, 0.717) is 31.6 Å². The first-order chi connectivity index (χ1) is 13.0. The van der Waals surface area contributed by atoms with E-state index >= 15 is 0 Å². The van der Waals surface area contributed by atoms with E-state index in [1.165, 1.54) is 16.0 Å². The van der Waals surface area contributed by atoms with E-state index in [-0.39, 0.29) is 17.6 Å². The Kier molecular flexibility index (Phi) is 4.92. The first-order valence-electron chi connectivity index (χ1n) is 8.80. The van der Waals surface area contributed by atoms with Gasteiger partial charge in [-0.1, -0.05) is 0 Å². The van der Waals surface area contributed by atoms with E-state index < -0.39 is 0 Å². The van der Waals surface area contributed by atoms with E-state index in [9.17, 15) is 9.59 Å². The standard InChI is InChI=1S/C17H20N6O2S2/c1-10-18-13(8-26-10)7-23-17(25)22-6-5-12(3-4-15(22)21-23)20-16(24)14-9-27-11(2)19-14/h8-9,12H,3-7H2,1-2H3,(H,20,24). The van der Waals surface area contributed by atoms with Crippen LogP contribution in [0, 0.1) is 13.8 Å². The van der Waals surface area contributed by atoms with Crippen molar-refractivity contribution in [2.75, 3.05) is 0 Å². The van der Waals surface area contributed by atoms with Crippen molar-refractivity contribution in [3.05, 3.63) is 48.5 Å². The van der Waals surface area contributed by atoms with Crippen LogP contribution in [0.25, 0.3) is 0 Å². The third kappa shape index (κ3) is 3.86. The molecule has 1 unspecified atom stereocenters. The van der Waals surface area contributed by atoms with Gasteiger partial charge >= 0.3 is 5.69 Å². The topological polar surface area (TPSA) is 94.7 Å².